The largest absolute Gasteiger partial charge is 0.450 e. The van der Waals surface area contributed by atoms with Gasteiger partial charge < -0.3 is 15.0 Å². The van der Waals surface area contributed by atoms with Crippen molar-refractivity contribution in [3.8, 4) is 0 Å². The Bertz CT molecular complexity index is 156. The van der Waals surface area contributed by atoms with E-state index in [9.17, 15) is 4.79 Å². The molecule has 0 aromatic rings. The van der Waals surface area contributed by atoms with Crippen LogP contribution < -0.4 is 5.32 Å². The Kier molecular flexibility index (Phi) is 4.60. The van der Waals surface area contributed by atoms with Gasteiger partial charge in [0.05, 0.1) is 6.61 Å². The van der Waals surface area contributed by atoms with Gasteiger partial charge in [0.25, 0.3) is 0 Å². The SMILES string of the molecule is CCOC(=O)NCCN1CCCC1. The van der Waals surface area contributed by atoms with E-state index in [2.05, 4.69) is 10.2 Å². The molecule has 0 bridgehead atoms. The highest BCUT2D eigenvalue weighted by Crippen LogP contribution is 2.05. The van der Waals surface area contributed by atoms with E-state index in [4.69, 9.17) is 4.74 Å². The van der Waals surface area contributed by atoms with Gasteiger partial charge in [-0.3, -0.25) is 0 Å². The second-order valence-corrected chi connectivity index (χ2v) is 3.20. The van der Waals surface area contributed by atoms with Crippen LogP contribution >= 0.6 is 0 Å². The Hall–Kier alpha value is -0.770. The van der Waals surface area contributed by atoms with Gasteiger partial charge in [-0.05, 0) is 32.9 Å². The first-order valence-corrected chi connectivity index (χ1v) is 4.96. The van der Waals surface area contributed by atoms with E-state index in [0.29, 0.717) is 13.2 Å². The van der Waals surface area contributed by atoms with Crippen LogP contribution in [0.5, 0.6) is 0 Å². The summed E-state index contributed by atoms with van der Waals surface area (Å²) in [5, 5.41) is 2.71. The van der Waals surface area contributed by atoms with Crippen molar-refractivity contribution in [2.75, 3.05) is 32.8 Å². The Morgan fingerprint density at radius 2 is 2.15 bits per heavy atom. The number of likely N-dealkylation sites (tertiary alicyclic amines) is 1. The fourth-order valence-corrected chi connectivity index (χ4v) is 1.50. The number of amides is 1. The van der Waals surface area contributed by atoms with Gasteiger partial charge in [0.15, 0.2) is 0 Å². The lowest BCUT2D eigenvalue weighted by Gasteiger charge is -2.14. The Morgan fingerprint density at radius 1 is 1.46 bits per heavy atom. The lowest BCUT2D eigenvalue weighted by Crippen LogP contribution is -2.33. The molecule has 4 nitrogen and oxygen atoms in total. The van der Waals surface area contributed by atoms with Crippen LogP contribution in [0.3, 0.4) is 0 Å². The highest BCUT2D eigenvalue weighted by molar-refractivity contribution is 5.66. The molecular weight excluding hydrogens is 168 g/mol. The molecule has 0 radical (unpaired) electrons. The molecule has 0 aliphatic carbocycles. The third kappa shape index (κ3) is 4.12. The maximum absolute atomic E-state index is 10.9. The van der Waals surface area contributed by atoms with Crippen LogP contribution in [0.25, 0.3) is 0 Å². The van der Waals surface area contributed by atoms with E-state index in [0.717, 1.165) is 6.54 Å². The van der Waals surface area contributed by atoms with Gasteiger partial charge >= 0.3 is 6.09 Å². The summed E-state index contributed by atoms with van der Waals surface area (Å²) < 4.78 is 4.74. The number of hydrogen-bond acceptors (Lipinski definition) is 3. The molecule has 4 heteroatoms. The van der Waals surface area contributed by atoms with Gasteiger partial charge in [0, 0.05) is 13.1 Å². The lowest BCUT2D eigenvalue weighted by atomic mass is 10.4. The highest BCUT2D eigenvalue weighted by Gasteiger charge is 2.10. The number of rotatable bonds is 4. The lowest BCUT2D eigenvalue weighted by molar-refractivity contribution is 0.151. The van der Waals surface area contributed by atoms with E-state index in [1.165, 1.54) is 25.9 Å². The molecule has 0 unspecified atom stereocenters. The zero-order valence-electron chi connectivity index (χ0n) is 8.21. The quantitative estimate of drug-likeness (QED) is 0.707. The molecule has 0 atom stereocenters. The third-order valence-electron chi connectivity index (χ3n) is 2.17. The number of nitrogens with one attached hydrogen (secondary N) is 1. The highest BCUT2D eigenvalue weighted by atomic mass is 16.5. The molecule has 1 rings (SSSR count). The molecule has 0 aromatic heterocycles. The summed E-state index contributed by atoms with van der Waals surface area (Å²) >= 11 is 0. The van der Waals surface area contributed by atoms with Crippen molar-refractivity contribution in [2.24, 2.45) is 0 Å². The van der Waals surface area contributed by atoms with E-state index in [1.54, 1.807) is 6.92 Å². The maximum Gasteiger partial charge on any atom is 0.407 e. The fraction of sp³-hybridized carbons (Fsp3) is 0.889. The van der Waals surface area contributed by atoms with Gasteiger partial charge in [-0.15, -0.1) is 0 Å². The molecular formula is C9H18N2O2. The Morgan fingerprint density at radius 3 is 2.77 bits per heavy atom. The number of hydrogen-bond donors (Lipinski definition) is 1. The van der Waals surface area contributed by atoms with Crippen LogP contribution in [0.4, 0.5) is 4.79 Å². The summed E-state index contributed by atoms with van der Waals surface area (Å²) in [6.07, 6.45) is 2.28. The number of ether oxygens (including phenoxy) is 1. The summed E-state index contributed by atoms with van der Waals surface area (Å²) in [5.41, 5.74) is 0. The van der Waals surface area contributed by atoms with Crippen molar-refractivity contribution in [2.45, 2.75) is 19.8 Å². The Balaban J connectivity index is 1.96. The summed E-state index contributed by atoms with van der Waals surface area (Å²) in [7, 11) is 0. The molecule has 1 saturated heterocycles. The van der Waals surface area contributed by atoms with Gasteiger partial charge in [-0.25, -0.2) is 4.79 Å². The van der Waals surface area contributed by atoms with E-state index >= 15 is 0 Å². The monoisotopic (exact) mass is 186 g/mol. The molecule has 1 aliphatic rings. The van der Waals surface area contributed by atoms with Crippen molar-refractivity contribution in [1.82, 2.24) is 10.2 Å². The molecule has 1 heterocycles. The molecule has 0 spiro atoms. The second-order valence-electron chi connectivity index (χ2n) is 3.20. The average Bonchev–Trinajstić information content (AvgIpc) is 2.57. The zero-order chi connectivity index (χ0) is 9.52. The van der Waals surface area contributed by atoms with E-state index in [-0.39, 0.29) is 6.09 Å². The van der Waals surface area contributed by atoms with Crippen LogP contribution in [-0.4, -0.2) is 43.8 Å². The van der Waals surface area contributed by atoms with Crippen LogP contribution in [-0.2, 0) is 4.74 Å². The van der Waals surface area contributed by atoms with Gasteiger partial charge in [0.1, 0.15) is 0 Å². The summed E-state index contributed by atoms with van der Waals surface area (Å²) in [4.78, 5) is 13.2. The van der Waals surface area contributed by atoms with Crippen molar-refractivity contribution in [1.29, 1.82) is 0 Å². The minimum Gasteiger partial charge on any atom is -0.450 e. The smallest absolute Gasteiger partial charge is 0.407 e. The predicted molar refractivity (Wildman–Crippen MR) is 50.7 cm³/mol. The average molecular weight is 186 g/mol. The molecule has 1 N–H and O–H groups in total. The summed E-state index contributed by atoms with van der Waals surface area (Å²) in [5.74, 6) is 0. The van der Waals surface area contributed by atoms with Gasteiger partial charge in [-0.2, -0.15) is 0 Å². The number of nitrogens with zero attached hydrogens (tertiary/aromatic N) is 1. The standard InChI is InChI=1S/C9H18N2O2/c1-2-13-9(12)10-5-8-11-6-3-4-7-11/h2-8H2,1H3,(H,10,12). The minimum atomic E-state index is -0.304. The molecule has 13 heavy (non-hydrogen) atoms. The van der Waals surface area contributed by atoms with Gasteiger partial charge in [-0.1, -0.05) is 0 Å². The Labute approximate surface area is 79.2 Å². The van der Waals surface area contributed by atoms with Crippen molar-refractivity contribution < 1.29 is 9.53 Å². The second kappa shape index (κ2) is 5.80. The predicted octanol–water partition coefficient (Wildman–Crippen LogP) is 0.828. The third-order valence-corrected chi connectivity index (χ3v) is 2.17. The number of carbonyl (C=O) groups is 1. The van der Waals surface area contributed by atoms with Crippen LogP contribution in [0.2, 0.25) is 0 Å². The zero-order valence-corrected chi connectivity index (χ0v) is 8.21. The first-order valence-electron chi connectivity index (χ1n) is 4.96. The summed E-state index contributed by atoms with van der Waals surface area (Å²) in [6, 6.07) is 0. The normalized spacial score (nSPS) is 17.3. The van der Waals surface area contributed by atoms with E-state index in [1.807, 2.05) is 0 Å². The summed E-state index contributed by atoms with van der Waals surface area (Å²) in [6.45, 7) is 6.22. The molecule has 1 amide bonds. The van der Waals surface area contributed by atoms with Gasteiger partial charge in [0.2, 0.25) is 0 Å². The molecule has 76 valence electrons. The first kappa shape index (κ1) is 10.3. The van der Waals surface area contributed by atoms with Crippen molar-refractivity contribution in [3.63, 3.8) is 0 Å². The fourth-order valence-electron chi connectivity index (χ4n) is 1.50. The van der Waals surface area contributed by atoms with Crippen LogP contribution in [0, 0.1) is 0 Å². The van der Waals surface area contributed by atoms with Crippen molar-refractivity contribution >= 4 is 6.09 Å². The minimum absolute atomic E-state index is 0.304. The number of carbonyl (C=O) groups excluding carboxylic acids is 1. The van der Waals surface area contributed by atoms with E-state index < -0.39 is 0 Å². The number of alkyl carbamates (subject to hydrolysis) is 1. The van der Waals surface area contributed by atoms with Crippen LogP contribution in [0.15, 0.2) is 0 Å². The first-order chi connectivity index (χ1) is 6.33. The molecule has 1 aliphatic heterocycles. The molecule has 0 saturated carbocycles. The van der Waals surface area contributed by atoms with Crippen molar-refractivity contribution in [3.05, 3.63) is 0 Å². The molecule has 1 fully saturated rings. The topological polar surface area (TPSA) is 41.6 Å². The maximum atomic E-state index is 10.9. The van der Waals surface area contributed by atoms with Crippen LogP contribution in [0.1, 0.15) is 19.8 Å². The molecule has 0 aromatic carbocycles.